The van der Waals surface area contributed by atoms with Crippen LogP contribution in [0.1, 0.15) is 25.0 Å². The maximum atomic E-state index is 5.48. The number of nitrogens with zero attached hydrogens (tertiary/aromatic N) is 3. The van der Waals surface area contributed by atoms with Gasteiger partial charge in [0.15, 0.2) is 12.3 Å². The van der Waals surface area contributed by atoms with Crippen LogP contribution in [0, 0.1) is 0 Å². The molecule has 0 unspecified atom stereocenters. The van der Waals surface area contributed by atoms with Gasteiger partial charge in [0.25, 0.3) is 5.90 Å². The summed E-state index contributed by atoms with van der Waals surface area (Å²) in [6, 6.07) is 7.53. The van der Waals surface area contributed by atoms with Gasteiger partial charge in [-0.2, -0.15) is 0 Å². The molecule has 0 bridgehead atoms. The van der Waals surface area contributed by atoms with Gasteiger partial charge in [-0.3, -0.25) is 0 Å². The highest BCUT2D eigenvalue weighted by Gasteiger charge is 2.20. The van der Waals surface area contributed by atoms with E-state index in [-0.39, 0.29) is 12.0 Å². The monoisotopic (exact) mass is 305 g/mol. The zero-order valence-electron chi connectivity index (χ0n) is 12.9. The summed E-state index contributed by atoms with van der Waals surface area (Å²) in [5, 5.41) is 11.8. The predicted molar refractivity (Wildman–Crippen MR) is 83.1 cm³/mol. The van der Waals surface area contributed by atoms with E-state index in [1.807, 2.05) is 38.1 Å². The van der Waals surface area contributed by atoms with E-state index >= 15 is 0 Å². The zero-order chi connectivity index (χ0) is 15.8. The van der Waals surface area contributed by atoms with Gasteiger partial charge < -0.3 is 19.2 Å². The molecular formula is C15H19N3O4. The summed E-state index contributed by atoms with van der Waals surface area (Å²) in [4.78, 5) is 15.2. The highest BCUT2D eigenvalue weighted by molar-refractivity contribution is 6.46. The van der Waals surface area contributed by atoms with Gasteiger partial charge in [0.2, 0.25) is 0 Å². The van der Waals surface area contributed by atoms with Crippen molar-refractivity contribution < 1.29 is 19.2 Å². The molecule has 7 heteroatoms. The Hall–Kier alpha value is -2.57. The molecule has 0 aliphatic carbocycles. The smallest absolute Gasteiger partial charge is 0.280 e. The Morgan fingerprint density at radius 3 is 2.82 bits per heavy atom. The van der Waals surface area contributed by atoms with Crippen LogP contribution in [0.3, 0.4) is 0 Å². The third-order valence-corrected chi connectivity index (χ3v) is 2.63. The van der Waals surface area contributed by atoms with Gasteiger partial charge in [-0.1, -0.05) is 34.6 Å². The van der Waals surface area contributed by atoms with E-state index < -0.39 is 0 Å². The summed E-state index contributed by atoms with van der Waals surface area (Å²) in [6.45, 7) is 4.63. The van der Waals surface area contributed by atoms with Crippen molar-refractivity contribution in [2.75, 3.05) is 20.3 Å². The Morgan fingerprint density at radius 2 is 2.14 bits per heavy atom. The van der Waals surface area contributed by atoms with Crippen molar-refractivity contribution in [1.82, 2.24) is 0 Å². The molecule has 0 saturated carbocycles. The molecule has 1 aromatic rings. The molecule has 2 rings (SSSR count). The van der Waals surface area contributed by atoms with Crippen molar-refractivity contribution in [2.45, 2.75) is 20.0 Å². The van der Waals surface area contributed by atoms with Crippen LogP contribution in [0.25, 0.3) is 0 Å². The Balaban J connectivity index is 2.34. The predicted octanol–water partition coefficient (Wildman–Crippen LogP) is 2.16. The van der Waals surface area contributed by atoms with Gasteiger partial charge in [-0.15, -0.1) is 0 Å². The molecule has 0 amide bonds. The van der Waals surface area contributed by atoms with Crippen molar-refractivity contribution in [3.8, 4) is 0 Å². The van der Waals surface area contributed by atoms with Crippen LogP contribution < -0.4 is 0 Å². The van der Waals surface area contributed by atoms with Crippen LogP contribution in [0.4, 0.5) is 0 Å². The van der Waals surface area contributed by atoms with Gasteiger partial charge >= 0.3 is 0 Å². The lowest BCUT2D eigenvalue weighted by Gasteiger charge is -2.15. The molecular weight excluding hydrogens is 286 g/mol. The molecule has 0 fully saturated rings. The minimum Gasteiger partial charge on any atom is -0.470 e. The maximum absolute atomic E-state index is 5.48. The normalized spacial score (nSPS) is 15.3. The molecule has 0 radical (unpaired) electrons. The Labute approximate surface area is 129 Å². The molecule has 1 aromatic carbocycles. The van der Waals surface area contributed by atoms with Crippen LogP contribution in [0.5, 0.6) is 0 Å². The number of oxime groups is 3. The number of hydrogen-bond acceptors (Lipinski definition) is 7. The first-order chi connectivity index (χ1) is 10.7. The summed E-state index contributed by atoms with van der Waals surface area (Å²) < 4.78 is 5.48. The van der Waals surface area contributed by atoms with Crippen LogP contribution >= 0.6 is 0 Å². The third kappa shape index (κ3) is 4.21. The fraction of sp³-hybridized carbons (Fsp3) is 0.400. The Morgan fingerprint density at radius 1 is 1.32 bits per heavy atom. The zero-order valence-corrected chi connectivity index (χ0v) is 12.9. The Bertz CT molecular complexity index is 582. The molecule has 1 heterocycles. The highest BCUT2D eigenvalue weighted by atomic mass is 16.7. The molecule has 0 saturated heterocycles. The molecule has 1 aliphatic rings. The lowest BCUT2D eigenvalue weighted by atomic mass is 10.0. The summed E-state index contributed by atoms with van der Waals surface area (Å²) in [6.07, 6.45) is 1.63. The minimum atomic E-state index is 0.00924. The van der Waals surface area contributed by atoms with Gasteiger partial charge in [-0.05, 0) is 19.0 Å². The SMILES string of the molecule is CON=C(C1=NOCCO1)c1ccccc1/C=N\OC(C)C. The summed E-state index contributed by atoms with van der Waals surface area (Å²) in [7, 11) is 1.46. The van der Waals surface area contributed by atoms with E-state index in [2.05, 4.69) is 15.5 Å². The van der Waals surface area contributed by atoms with Crippen molar-refractivity contribution in [3.05, 3.63) is 35.4 Å². The molecule has 1 aliphatic heterocycles. The molecule has 0 spiro atoms. The van der Waals surface area contributed by atoms with Crippen molar-refractivity contribution in [2.24, 2.45) is 15.5 Å². The molecule has 0 atom stereocenters. The van der Waals surface area contributed by atoms with Gasteiger partial charge in [0.1, 0.15) is 19.8 Å². The average Bonchev–Trinajstić information content (AvgIpc) is 2.54. The number of ether oxygens (including phenoxy) is 1. The first-order valence-electron chi connectivity index (χ1n) is 6.95. The topological polar surface area (TPSA) is 74.0 Å². The summed E-state index contributed by atoms with van der Waals surface area (Å²) in [5.74, 6) is 0.277. The summed E-state index contributed by atoms with van der Waals surface area (Å²) in [5.41, 5.74) is 1.99. The van der Waals surface area contributed by atoms with Crippen molar-refractivity contribution in [1.29, 1.82) is 0 Å². The Kier molecular flexibility index (Phi) is 5.76. The minimum absolute atomic E-state index is 0.00924. The largest absolute Gasteiger partial charge is 0.470 e. The quantitative estimate of drug-likeness (QED) is 0.596. The van der Waals surface area contributed by atoms with E-state index in [9.17, 15) is 0 Å². The second-order valence-corrected chi connectivity index (χ2v) is 4.68. The second-order valence-electron chi connectivity index (χ2n) is 4.68. The first-order valence-corrected chi connectivity index (χ1v) is 6.95. The molecule has 0 N–H and O–H groups in total. The van der Waals surface area contributed by atoms with Gasteiger partial charge in [0, 0.05) is 11.1 Å². The van der Waals surface area contributed by atoms with E-state index in [4.69, 9.17) is 19.2 Å². The molecule has 22 heavy (non-hydrogen) atoms. The fourth-order valence-electron chi connectivity index (χ4n) is 1.75. The van der Waals surface area contributed by atoms with E-state index in [1.165, 1.54) is 7.11 Å². The molecule has 118 valence electrons. The van der Waals surface area contributed by atoms with Crippen molar-refractivity contribution in [3.63, 3.8) is 0 Å². The van der Waals surface area contributed by atoms with Crippen molar-refractivity contribution >= 4 is 17.8 Å². The second kappa shape index (κ2) is 8.02. The van der Waals surface area contributed by atoms with Crippen LogP contribution in [0.15, 0.2) is 39.7 Å². The van der Waals surface area contributed by atoms with E-state index in [0.717, 1.165) is 11.1 Å². The number of rotatable bonds is 6. The number of benzene rings is 1. The van der Waals surface area contributed by atoms with Gasteiger partial charge in [-0.25, -0.2) is 0 Å². The highest BCUT2D eigenvalue weighted by Crippen LogP contribution is 2.12. The van der Waals surface area contributed by atoms with Gasteiger partial charge in [0.05, 0.1) is 6.21 Å². The van der Waals surface area contributed by atoms with Crippen LogP contribution in [0.2, 0.25) is 0 Å². The fourth-order valence-corrected chi connectivity index (χ4v) is 1.75. The third-order valence-electron chi connectivity index (χ3n) is 2.63. The van der Waals surface area contributed by atoms with Crippen LogP contribution in [-0.4, -0.2) is 44.3 Å². The average molecular weight is 305 g/mol. The lowest BCUT2D eigenvalue weighted by Crippen LogP contribution is -2.26. The van der Waals surface area contributed by atoms with Crippen LogP contribution in [-0.2, 0) is 19.2 Å². The molecule has 7 nitrogen and oxygen atoms in total. The molecule has 0 aromatic heterocycles. The first kappa shape index (κ1) is 15.8. The van der Waals surface area contributed by atoms with E-state index in [0.29, 0.717) is 18.9 Å². The van der Waals surface area contributed by atoms with E-state index in [1.54, 1.807) is 6.21 Å². The maximum Gasteiger partial charge on any atom is 0.280 e. The standard InChI is InChI=1S/C15H19N3O4/c1-11(2)22-16-10-12-6-4-5-7-13(12)14(17-19-3)15-18-21-9-8-20-15/h4-7,10-11H,8-9H2,1-3H3/b16-10-,17-14?. The lowest BCUT2D eigenvalue weighted by molar-refractivity contribution is 0.0672. The number of hydrogen-bond donors (Lipinski definition) is 0. The summed E-state index contributed by atoms with van der Waals surface area (Å²) >= 11 is 0.